The van der Waals surface area contributed by atoms with Crippen molar-refractivity contribution in [2.75, 3.05) is 19.6 Å². The summed E-state index contributed by atoms with van der Waals surface area (Å²) in [5.41, 5.74) is 2.49. The molecule has 2 aromatic rings. The van der Waals surface area contributed by atoms with Crippen molar-refractivity contribution in [3.05, 3.63) is 78.5 Å². The van der Waals surface area contributed by atoms with Crippen molar-refractivity contribution in [3.8, 4) is 0 Å². The van der Waals surface area contributed by atoms with Gasteiger partial charge in [0.1, 0.15) is 17.7 Å². The van der Waals surface area contributed by atoms with Crippen molar-refractivity contribution in [3.63, 3.8) is 0 Å². The number of likely N-dealkylation sites (tertiary alicyclic amines) is 1. The van der Waals surface area contributed by atoms with Crippen LogP contribution in [0, 0.1) is 0 Å². The second-order valence-corrected chi connectivity index (χ2v) is 7.80. The standard InChI is InChI=1S/C25H29FN2O/c1-2-20-19-28(25-10-4-3-9-24(20)25)16-6-15-27-17-13-23(14-18-27)29-22-8-5-7-21(26)11-12-22/h2-5,7,9-12,19,23H,1,6,8,13-18H2. The topological polar surface area (TPSA) is 17.4 Å². The number of aromatic nitrogens is 1. The van der Waals surface area contributed by atoms with E-state index in [1.165, 1.54) is 28.6 Å². The van der Waals surface area contributed by atoms with E-state index in [-0.39, 0.29) is 11.9 Å². The third-order valence-corrected chi connectivity index (χ3v) is 5.79. The fourth-order valence-electron chi connectivity index (χ4n) is 4.22. The third kappa shape index (κ3) is 4.88. The second kappa shape index (κ2) is 9.27. The Balaban J connectivity index is 1.24. The predicted molar refractivity (Wildman–Crippen MR) is 118 cm³/mol. The molecule has 152 valence electrons. The third-order valence-electron chi connectivity index (χ3n) is 5.79. The van der Waals surface area contributed by atoms with Gasteiger partial charge in [-0.3, -0.25) is 0 Å². The zero-order valence-corrected chi connectivity index (χ0v) is 16.9. The lowest BCUT2D eigenvalue weighted by atomic mass is 10.1. The maximum Gasteiger partial charge on any atom is 0.123 e. The molecular formula is C25H29FN2O. The zero-order chi connectivity index (χ0) is 20.1. The molecule has 4 rings (SSSR count). The number of allylic oxidation sites excluding steroid dienone is 5. The number of benzene rings is 1. The van der Waals surface area contributed by atoms with Gasteiger partial charge in [-0.2, -0.15) is 0 Å². The molecule has 0 saturated carbocycles. The van der Waals surface area contributed by atoms with E-state index >= 15 is 0 Å². The summed E-state index contributed by atoms with van der Waals surface area (Å²) in [6.07, 6.45) is 14.8. The Morgan fingerprint density at radius 2 is 1.97 bits per heavy atom. The summed E-state index contributed by atoms with van der Waals surface area (Å²) in [5, 5.41) is 1.28. The summed E-state index contributed by atoms with van der Waals surface area (Å²) in [6, 6.07) is 8.53. The number of hydrogen-bond donors (Lipinski definition) is 0. The average Bonchev–Trinajstić information content (AvgIpc) is 2.98. The van der Waals surface area contributed by atoms with E-state index in [2.05, 4.69) is 46.5 Å². The van der Waals surface area contributed by atoms with Crippen LogP contribution in [0.25, 0.3) is 17.0 Å². The van der Waals surface area contributed by atoms with E-state index in [1.807, 2.05) is 12.2 Å². The van der Waals surface area contributed by atoms with Crippen LogP contribution >= 0.6 is 0 Å². The molecule has 2 heterocycles. The minimum absolute atomic E-state index is 0.214. The fraction of sp³-hybridized carbons (Fsp3) is 0.360. The Bertz CT molecular complexity index is 945. The number of para-hydroxylation sites is 1. The lowest BCUT2D eigenvalue weighted by Gasteiger charge is -2.32. The van der Waals surface area contributed by atoms with Gasteiger partial charge in [-0.05, 0) is 55.7 Å². The molecule has 1 aromatic heterocycles. The molecular weight excluding hydrogens is 363 g/mol. The SMILES string of the molecule is C=Cc1cn(CCCN2CCC(OC3=CC=C(F)C=CC3)CC2)c2ccccc12. The van der Waals surface area contributed by atoms with Crippen LogP contribution in [0.2, 0.25) is 0 Å². The number of nitrogens with zero attached hydrogens (tertiary/aromatic N) is 2. The molecule has 1 aliphatic heterocycles. The molecule has 1 fully saturated rings. The van der Waals surface area contributed by atoms with E-state index in [0.717, 1.165) is 51.2 Å². The number of fused-ring (bicyclic) bond motifs is 1. The number of aryl methyl sites for hydroxylation is 1. The van der Waals surface area contributed by atoms with Crippen molar-refractivity contribution in [1.82, 2.24) is 9.47 Å². The van der Waals surface area contributed by atoms with Gasteiger partial charge in [-0.15, -0.1) is 0 Å². The van der Waals surface area contributed by atoms with Crippen molar-refractivity contribution < 1.29 is 9.13 Å². The molecule has 1 aliphatic carbocycles. The normalized spacial score (nSPS) is 18.4. The highest BCUT2D eigenvalue weighted by Gasteiger charge is 2.21. The molecule has 0 radical (unpaired) electrons. The number of piperidine rings is 1. The summed E-state index contributed by atoms with van der Waals surface area (Å²) in [4.78, 5) is 2.53. The number of hydrogen-bond acceptors (Lipinski definition) is 2. The van der Waals surface area contributed by atoms with Crippen molar-refractivity contribution in [1.29, 1.82) is 0 Å². The number of rotatable bonds is 7. The van der Waals surface area contributed by atoms with Gasteiger partial charge in [0.25, 0.3) is 0 Å². The molecule has 0 amide bonds. The number of halogens is 1. The number of ether oxygens (including phenoxy) is 1. The molecule has 0 atom stereocenters. The maximum absolute atomic E-state index is 13.3. The van der Waals surface area contributed by atoms with E-state index in [9.17, 15) is 4.39 Å². The van der Waals surface area contributed by atoms with Crippen molar-refractivity contribution in [2.24, 2.45) is 0 Å². The molecule has 3 nitrogen and oxygen atoms in total. The van der Waals surface area contributed by atoms with E-state index in [4.69, 9.17) is 4.74 Å². The first-order chi connectivity index (χ1) is 14.2. The summed E-state index contributed by atoms with van der Waals surface area (Å²) in [7, 11) is 0. The Kier molecular flexibility index (Phi) is 6.30. The van der Waals surface area contributed by atoms with Crippen LogP contribution in [0.3, 0.4) is 0 Å². The van der Waals surface area contributed by atoms with Crippen LogP contribution in [0.5, 0.6) is 0 Å². The van der Waals surface area contributed by atoms with Gasteiger partial charge in [-0.25, -0.2) is 4.39 Å². The highest BCUT2D eigenvalue weighted by molar-refractivity contribution is 5.89. The Labute approximate surface area is 172 Å². The Morgan fingerprint density at radius 1 is 1.14 bits per heavy atom. The Morgan fingerprint density at radius 3 is 2.79 bits per heavy atom. The molecule has 1 aromatic carbocycles. The van der Waals surface area contributed by atoms with Crippen molar-refractivity contribution in [2.45, 2.75) is 38.3 Å². The van der Waals surface area contributed by atoms with Gasteiger partial charge in [-0.1, -0.05) is 36.9 Å². The van der Waals surface area contributed by atoms with E-state index < -0.39 is 0 Å². The van der Waals surface area contributed by atoms with Gasteiger partial charge >= 0.3 is 0 Å². The quantitative estimate of drug-likeness (QED) is 0.588. The summed E-state index contributed by atoms with van der Waals surface area (Å²) in [6.45, 7) is 8.17. The second-order valence-electron chi connectivity index (χ2n) is 7.80. The first-order valence-electron chi connectivity index (χ1n) is 10.5. The van der Waals surface area contributed by atoms with Gasteiger partial charge in [0.05, 0.1) is 0 Å². The minimum Gasteiger partial charge on any atom is -0.494 e. The molecule has 4 heteroatoms. The van der Waals surface area contributed by atoms with Crippen LogP contribution in [-0.4, -0.2) is 35.2 Å². The Hall–Kier alpha value is -2.59. The summed E-state index contributed by atoms with van der Waals surface area (Å²) >= 11 is 0. The smallest absolute Gasteiger partial charge is 0.123 e. The van der Waals surface area contributed by atoms with Crippen molar-refractivity contribution >= 4 is 17.0 Å². The summed E-state index contributed by atoms with van der Waals surface area (Å²) < 4.78 is 21.7. The van der Waals surface area contributed by atoms with Gasteiger partial charge in [0.15, 0.2) is 0 Å². The average molecular weight is 393 g/mol. The molecule has 0 N–H and O–H groups in total. The van der Waals surface area contributed by atoms with Gasteiger partial charge in [0.2, 0.25) is 0 Å². The molecule has 0 spiro atoms. The predicted octanol–water partition coefficient (Wildman–Crippen LogP) is 5.85. The lowest BCUT2D eigenvalue weighted by molar-refractivity contribution is 0.0479. The monoisotopic (exact) mass is 392 g/mol. The van der Waals surface area contributed by atoms with E-state index in [0.29, 0.717) is 6.42 Å². The van der Waals surface area contributed by atoms with Crippen LogP contribution in [-0.2, 0) is 11.3 Å². The first-order valence-corrected chi connectivity index (χ1v) is 10.5. The molecule has 29 heavy (non-hydrogen) atoms. The molecule has 0 unspecified atom stereocenters. The highest BCUT2D eigenvalue weighted by Crippen LogP contribution is 2.23. The maximum atomic E-state index is 13.3. The van der Waals surface area contributed by atoms with Gasteiger partial charge in [0, 0.05) is 43.2 Å². The van der Waals surface area contributed by atoms with Crippen LogP contribution in [0.1, 0.15) is 31.2 Å². The van der Waals surface area contributed by atoms with Gasteiger partial charge < -0.3 is 14.2 Å². The molecule has 2 aliphatic rings. The van der Waals surface area contributed by atoms with E-state index in [1.54, 1.807) is 6.08 Å². The minimum atomic E-state index is -0.214. The fourth-order valence-corrected chi connectivity index (χ4v) is 4.22. The highest BCUT2D eigenvalue weighted by atomic mass is 19.1. The largest absolute Gasteiger partial charge is 0.494 e. The van der Waals surface area contributed by atoms with Crippen LogP contribution < -0.4 is 0 Å². The first kappa shape index (κ1) is 19.7. The van der Waals surface area contributed by atoms with Crippen LogP contribution in [0.4, 0.5) is 4.39 Å². The lowest BCUT2D eigenvalue weighted by Crippen LogP contribution is -2.37. The summed E-state index contributed by atoms with van der Waals surface area (Å²) in [5.74, 6) is 0.652. The molecule has 1 saturated heterocycles. The zero-order valence-electron chi connectivity index (χ0n) is 16.9. The molecule has 0 bridgehead atoms. The van der Waals surface area contributed by atoms with Crippen LogP contribution in [0.15, 0.2) is 72.9 Å².